The molecule has 7 nitrogen and oxygen atoms in total. The topological polar surface area (TPSA) is 144 Å². The van der Waals surface area contributed by atoms with Crippen molar-refractivity contribution in [2.45, 2.75) is 0 Å². The molecule has 72 valence electrons. The van der Waals surface area contributed by atoms with Crippen molar-refractivity contribution in [3.8, 4) is 0 Å². The molecule has 0 amide bonds. The molecule has 0 aliphatic carbocycles. The van der Waals surface area contributed by atoms with E-state index in [1.807, 2.05) is 0 Å². The van der Waals surface area contributed by atoms with E-state index in [2.05, 4.69) is 0 Å². The smallest absolute Gasteiger partial charge is 0.261 e. The van der Waals surface area contributed by atoms with Crippen molar-refractivity contribution in [1.82, 2.24) is 6.15 Å². The van der Waals surface area contributed by atoms with Crippen molar-refractivity contribution >= 4 is 20.2 Å². The summed E-state index contributed by atoms with van der Waals surface area (Å²) < 4.78 is 51.7. The van der Waals surface area contributed by atoms with Crippen LogP contribution in [0.3, 0.4) is 0 Å². The van der Waals surface area contributed by atoms with E-state index in [0.29, 0.717) is 12.5 Å². The van der Waals surface area contributed by atoms with E-state index in [0.717, 1.165) is 0 Å². The minimum Gasteiger partial charge on any atom is -0.344 e. The summed E-state index contributed by atoms with van der Waals surface area (Å²) in [5.74, 6) is 0. The molecule has 5 N–H and O–H groups in total. The molecule has 0 aromatic heterocycles. The van der Waals surface area contributed by atoms with Gasteiger partial charge in [-0.1, -0.05) is 0 Å². The van der Waals surface area contributed by atoms with Crippen molar-refractivity contribution in [3.05, 3.63) is 0 Å². The Balaban J connectivity index is -0.000000107. The second-order valence-electron chi connectivity index (χ2n) is 1.47. The van der Waals surface area contributed by atoms with E-state index in [4.69, 9.17) is 9.11 Å². The first-order valence-electron chi connectivity index (χ1n) is 1.85. The van der Waals surface area contributed by atoms with Gasteiger partial charge in [-0.05, 0) is 0 Å². The van der Waals surface area contributed by atoms with E-state index >= 15 is 0 Å². The maximum atomic E-state index is 9.19. The third kappa shape index (κ3) is 12200. The van der Waals surface area contributed by atoms with Crippen LogP contribution in [0.5, 0.6) is 0 Å². The molecule has 0 fully saturated rings. The standard InChI is InChI=1S/2CH4O3S.H3N/c2*1-5(2,3)4;/h2*1H3,(H,2,3,4);1H3. The fourth-order valence-corrected chi connectivity index (χ4v) is 0. The Labute approximate surface area is 65.5 Å². The maximum Gasteiger partial charge on any atom is 0.261 e. The SMILES string of the molecule is CS(=O)(=O)O.CS(=O)(=O)O.N. The summed E-state index contributed by atoms with van der Waals surface area (Å²) in [5, 5.41) is 0. The molecule has 0 bridgehead atoms. The van der Waals surface area contributed by atoms with Gasteiger partial charge in [0.1, 0.15) is 0 Å². The monoisotopic (exact) mass is 209 g/mol. The summed E-state index contributed by atoms with van der Waals surface area (Å²) in [6.45, 7) is 0. The summed E-state index contributed by atoms with van der Waals surface area (Å²) in [4.78, 5) is 0. The highest BCUT2D eigenvalue weighted by Crippen LogP contribution is 1.60. The zero-order chi connectivity index (χ0) is 9.00. The molecular formula is C2H11NO6S2. The Kier molecular flexibility index (Phi) is 8.41. The lowest BCUT2D eigenvalue weighted by Crippen LogP contribution is -1.88. The van der Waals surface area contributed by atoms with Crippen LogP contribution >= 0.6 is 0 Å². The minimum absolute atomic E-state index is 0. The summed E-state index contributed by atoms with van der Waals surface area (Å²) in [6, 6.07) is 0. The van der Waals surface area contributed by atoms with Crippen LogP contribution in [0.15, 0.2) is 0 Å². The van der Waals surface area contributed by atoms with Gasteiger partial charge in [0.05, 0.1) is 12.5 Å². The summed E-state index contributed by atoms with van der Waals surface area (Å²) in [7, 11) is -7.33. The molecule has 11 heavy (non-hydrogen) atoms. The Morgan fingerprint density at radius 1 is 0.818 bits per heavy atom. The summed E-state index contributed by atoms with van der Waals surface area (Å²) in [5.41, 5.74) is 0. The molecule has 0 rings (SSSR count). The van der Waals surface area contributed by atoms with E-state index in [1.165, 1.54) is 0 Å². The lowest BCUT2D eigenvalue weighted by molar-refractivity contribution is 0.488. The Hall–Kier alpha value is -0.220. The molecule has 0 saturated heterocycles. The van der Waals surface area contributed by atoms with Crippen LogP contribution in [0, 0.1) is 0 Å². The highest BCUT2D eigenvalue weighted by Gasteiger charge is 1.81. The molecule has 0 saturated carbocycles. The van der Waals surface area contributed by atoms with Crippen LogP contribution < -0.4 is 6.15 Å². The molecule has 0 heterocycles. The van der Waals surface area contributed by atoms with Crippen LogP contribution in [-0.4, -0.2) is 38.5 Å². The van der Waals surface area contributed by atoms with Gasteiger partial charge < -0.3 is 6.15 Å². The highest BCUT2D eigenvalue weighted by molar-refractivity contribution is 7.85. The largest absolute Gasteiger partial charge is 0.344 e. The Morgan fingerprint density at radius 2 is 0.818 bits per heavy atom. The third-order valence-electron chi connectivity index (χ3n) is 0. The summed E-state index contributed by atoms with van der Waals surface area (Å²) >= 11 is 0. The van der Waals surface area contributed by atoms with E-state index in [-0.39, 0.29) is 6.15 Å². The van der Waals surface area contributed by atoms with Crippen molar-refractivity contribution in [3.63, 3.8) is 0 Å². The quantitative estimate of drug-likeness (QED) is 0.441. The van der Waals surface area contributed by atoms with Gasteiger partial charge in [-0.3, -0.25) is 9.11 Å². The molecular weight excluding hydrogens is 198 g/mol. The van der Waals surface area contributed by atoms with Gasteiger partial charge in [-0.2, -0.15) is 16.8 Å². The molecule has 0 aliphatic heterocycles. The number of hydrogen-bond acceptors (Lipinski definition) is 5. The van der Waals surface area contributed by atoms with Gasteiger partial charge in [-0.15, -0.1) is 0 Å². The second-order valence-corrected chi connectivity index (χ2v) is 4.40. The van der Waals surface area contributed by atoms with Gasteiger partial charge in [0.15, 0.2) is 0 Å². The summed E-state index contributed by atoms with van der Waals surface area (Å²) in [6.07, 6.45) is 1.43. The molecule has 0 aliphatic rings. The van der Waals surface area contributed by atoms with Gasteiger partial charge in [-0.25, -0.2) is 0 Å². The van der Waals surface area contributed by atoms with E-state index < -0.39 is 20.2 Å². The van der Waals surface area contributed by atoms with Crippen molar-refractivity contribution < 1.29 is 25.9 Å². The molecule has 9 heteroatoms. The molecule has 0 radical (unpaired) electrons. The van der Waals surface area contributed by atoms with Gasteiger partial charge in [0.2, 0.25) is 0 Å². The Bertz CT molecular complexity index is 215. The predicted octanol–water partition coefficient (Wildman–Crippen LogP) is -0.830. The fraction of sp³-hybridized carbons (Fsp3) is 1.00. The highest BCUT2D eigenvalue weighted by atomic mass is 32.2. The van der Waals surface area contributed by atoms with Crippen LogP contribution in [-0.2, 0) is 20.2 Å². The van der Waals surface area contributed by atoms with Crippen molar-refractivity contribution in [2.75, 3.05) is 12.5 Å². The van der Waals surface area contributed by atoms with Gasteiger partial charge in [0, 0.05) is 0 Å². The number of rotatable bonds is 0. The molecule has 0 aromatic rings. The average Bonchev–Trinajstić information content (AvgIpc) is 1.12. The minimum atomic E-state index is -3.67. The first-order chi connectivity index (χ1) is 4.00. The zero-order valence-electron chi connectivity index (χ0n) is 6.05. The first kappa shape index (κ1) is 17.0. The van der Waals surface area contributed by atoms with Crippen molar-refractivity contribution in [2.24, 2.45) is 0 Å². The zero-order valence-corrected chi connectivity index (χ0v) is 7.68. The third-order valence-corrected chi connectivity index (χ3v) is 0. The molecule has 0 unspecified atom stereocenters. The van der Waals surface area contributed by atoms with E-state index in [1.54, 1.807) is 0 Å². The molecule has 0 atom stereocenters. The maximum absolute atomic E-state index is 9.19. The van der Waals surface area contributed by atoms with Gasteiger partial charge in [0.25, 0.3) is 20.2 Å². The average molecular weight is 209 g/mol. The van der Waals surface area contributed by atoms with Crippen LogP contribution in [0.4, 0.5) is 0 Å². The second kappa shape index (κ2) is 5.43. The Morgan fingerprint density at radius 3 is 0.818 bits per heavy atom. The van der Waals surface area contributed by atoms with Crippen LogP contribution in [0.2, 0.25) is 0 Å². The van der Waals surface area contributed by atoms with Crippen molar-refractivity contribution in [1.29, 1.82) is 0 Å². The lowest BCUT2D eigenvalue weighted by atomic mass is 12.0. The molecule has 0 spiro atoms. The number of hydrogen-bond donors (Lipinski definition) is 3. The predicted molar refractivity (Wildman–Crippen MR) is 40.0 cm³/mol. The first-order valence-corrected chi connectivity index (χ1v) is 5.54. The lowest BCUT2D eigenvalue weighted by Gasteiger charge is -1.69. The van der Waals surface area contributed by atoms with Crippen LogP contribution in [0.1, 0.15) is 0 Å². The fourth-order valence-electron chi connectivity index (χ4n) is 0. The van der Waals surface area contributed by atoms with Gasteiger partial charge >= 0.3 is 0 Å². The molecule has 0 aromatic carbocycles. The van der Waals surface area contributed by atoms with E-state index in [9.17, 15) is 16.8 Å². The van der Waals surface area contributed by atoms with Crippen LogP contribution in [0.25, 0.3) is 0 Å². The normalized spacial score (nSPS) is 10.5.